The monoisotopic (exact) mass is 252 g/mol. The summed E-state index contributed by atoms with van der Waals surface area (Å²) in [5, 5.41) is 13.6. The van der Waals surface area contributed by atoms with Crippen molar-refractivity contribution in [2.45, 2.75) is 32.1 Å². The van der Waals surface area contributed by atoms with Crippen molar-refractivity contribution in [3.63, 3.8) is 0 Å². The quantitative estimate of drug-likeness (QED) is 0.848. The lowest BCUT2D eigenvalue weighted by Gasteiger charge is -2.18. The molecule has 0 radical (unpaired) electrons. The Hall–Kier alpha value is -2.28. The Morgan fingerprint density at radius 3 is 2.89 bits per heavy atom. The minimum atomic E-state index is 0.0878. The van der Waals surface area contributed by atoms with Crippen LogP contribution in [0.3, 0.4) is 0 Å². The topological polar surface area (TPSA) is 67.6 Å². The first-order chi connectivity index (χ1) is 9.03. The molecule has 0 spiro atoms. The van der Waals surface area contributed by atoms with Gasteiger partial charge in [0.2, 0.25) is 0 Å². The number of hydrogen-bond donors (Lipinski definition) is 1. The molecule has 0 fully saturated rings. The average Bonchev–Trinajstić information content (AvgIpc) is 2.89. The number of hydrogen-bond acceptors (Lipinski definition) is 3. The van der Waals surface area contributed by atoms with Gasteiger partial charge >= 0.3 is 0 Å². The van der Waals surface area contributed by atoms with E-state index in [1.807, 2.05) is 18.2 Å². The van der Waals surface area contributed by atoms with Crippen LogP contribution in [0.2, 0.25) is 0 Å². The first kappa shape index (κ1) is 11.8. The van der Waals surface area contributed by atoms with E-state index >= 15 is 0 Å². The maximum Gasteiger partial charge on any atom is 0.131 e. The van der Waals surface area contributed by atoms with Gasteiger partial charge in [0, 0.05) is 5.56 Å². The predicted octanol–water partition coefficient (Wildman–Crippen LogP) is 2.55. The highest BCUT2D eigenvalue weighted by Gasteiger charge is 2.35. The van der Waals surface area contributed by atoms with Gasteiger partial charge in [0.05, 0.1) is 23.0 Å². The second-order valence-electron chi connectivity index (χ2n) is 5.66. The van der Waals surface area contributed by atoms with Crippen molar-refractivity contribution in [2.75, 3.05) is 5.73 Å². The zero-order valence-corrected chi connectivity index (χ0v) is 11.1. The van der Waals surface area contributed by atoms with E-state index in [0.717, 1.165) is 29.8 Å². The number of aryl methyl sites for hydroxylation is 1. The molecular weight excluding hydrogens is 236 g/mol. The second kappa shape index (κ2) is 3.86. The van der Waals surface area contributed by atoms with Crippen molar-refractivity contribution in [3.05, 3.63) is 41.1 Å². The fourth-order valence-corrected chi connectivity index (χ4v) is 2.85. The van der Waals surface area contributed by atoms with Crippen molar-refractivity contribution in [1.29, 1.82) is 5.26 Å². The van der Waals surface area contributed by atoms with Crippen LogP contribution in [0.1, 0.15) is 37.1 Å². The Morgan fingerprint density at radius 1 is 1.42 bits per heavy atom. The standard InChI is InChI=1S/C15H16N4/c1-15(2)7-6-12-13(15)14(17)19(18-12)11-5-3-4-10(8-11)9-16/h3-5,8H,6-7,17H2,1-2H3. The molecule has 1 aliphatic rings. The molecule has 0 aliphatic heterocycles. The van der Waals surface area contributed by atoms with Gasteiger partial charge in [0.25, 0.3) is 0 Å². The molecular formula is C15H16N4. The third-order valence-corrected chi connectivity index (χ3v) is 3.88. The van der Waals surface area contributed by atoms with E-state index < -0.39 is 0 Å². The zero-order valence-electron chi connectivity index (χ0n) is 11.1. The summed E-state index contributed by atoms with van der Waals surface area (Å²) in [5.74, 6) is 0.701. The lowest BCUT2D eigenvalue weighted by molar-refractivity contribution is 0.519. The number of nitrogens with zero attached hydrogens (tertiary/aromatic N) is 3. The van der Waals surface area contributed by atoms with Gasteiger partial charge in [-0.3, -0.25) is 0 Å². The molecule has 19 heavy (non-hydrogen) atoms. The van der Waals surface area contributed by atoms with Crippen molar-refractivity contribution >= 4 is 5.82 Å². The summed E-state index contributed by atoms with van der Waals surface area (Å²) in [5.41, 5.74) is 10.1. The molecule has 0 saturated carbocycles. The van der Waals surface area contributed by atoms with Gasteiger partial charge in [-0.05, 0) is 36.5 Å². The molecule has 3 rings (SSSR count). The van der Waals surface area contributed by atoms with Crippen molar-refractivity contribution in [2.24, 2.45) is 0 Å². The average molecular weight is 252 g/mol. The highest BCUT2D eigenvalue weighted by atomic mass is 15.3. The van der Waals surface area contributed by atoms with Crippen LogP contribution in [0.4, 0.5) is 5.82 Å². The van der Waals surface area contributed by atoms with E-state index in [1.165, 1.54) is 0 Å². The van der Waals surface area contributed by atoms with Gasteiger partial charge < -0.3 is 5.73 Å². The SMILES string of the molecule is CC1(C)CCc2nn(-c3cccc(C#N)c3)c(N)c21. The molecule has 1 heterocycles. The molecule has 2 N–H and O–H groups in total. The minimum absolute atomic E-state index is 0.0878. The number of anilines is 1. The highest BCUT2D eigenvalue weighted by molar-refractivity contribution is 5.56. The number of nitrogen functional groups attached to an aromatic ring is 1. The van der Waals surface area contributed by atoms with Crippen molar-refractivity contribution in [1.82, 2.24) is 9.78 Å². The lowest BCUT2D eigenvalue weighted by atomic mass is 9.87. The highest BCUT2D eigenvalue weighted by Crippen LogP contribution is 2.42. The Bertz CT molecular complexity index is 689. The van der Waals surface area contributed by atoms with Gasteiger partial charge in [-0.2, -0.15) is 10.4 Å². The second-order valence-corrected chi connectivity index (χ2v) is 5.66. The van der Waals surface area contributed by atoms with Crippen LogP contribution in [-0.4, -0.2) is 9.78 Å². The number of fused-ring (bicyclic) bond motifs is 1. The number of rotatable bonds is 1. The summed E-state index contributed by atoms with van der Waals surface area (Å²) in [7, 11) is 0. The first-order valence-corrected chi connectivity index (χ1v) is 6.41. The molecule has 4 heteroatoms. The van der Waals surface area contributed by atoms with Gasteiger partial charge in [0.1, 0.15) is 5.82 Å². The fraction of sp³-hybridized carbons (Fsp3) is 0.333. The van der Waals surface area contributed by atoms with E-state index in [9.17, 15) is 0 Å². The number of nitriles is 1. The summed E-state index contributed by atoms with van der Waals surface area (Å²) < 4.78 is 1.76. The maximum absolute atomic E-state index is 8.97. The summed E-state index contributed by atoms with van der Waals surface area (Å²) in [4.78, 5) is 0. The van der Waals surface area contributed by atoms with Crippen LogP contribution in [0.15, 0.2) is 24.3 Å². The molecule has 1 aromatic carbocycles. The summed E-state index contributed by atoms with van der Waals surface area (Å²) in [6.07, 6.45) is 2.06. The number of nitrogens with two attached hydrogens (primary N) is 1. The summed E-state index contributed by atoms with van der Waals surface area (Å²) >= 11 is 0. The van der Waals surface area contributed by atoms with Crippen LogP contribution >= 0.6 is 0 Å². The van der Waals surface area contributed by atoms with E-state index in [2.05, 4.69) is 25.0 Å². The third kappa shape index (κ3) is 1.70. The van der Waals surface area contributed by atoms with E-state index in [4.69, 9.17) is 11.0 Å². The summed E-state index contributed by atoms with van der Waals surface area (Å²) in [6.45, 7) is 4.40. The Kier molecular flexibility index (Phi) is 2.39. The normalized spacial score (nSPS) is 16.1. The first-order valence-electron chi connectivity index (χ1n) is 6.41. The Balaban J connectivity index is 2.16. The minimum Gasteiger partial charge on any atom is -0.383 e. The Morgan fingerprint density at radius 2 is 2.21 bits per heavy atom. The smallest absolute Gasteiger partial charge is 0.131 e. The van der Waals surface area contributed by atoms with Crippen molar-refractivity contribution < 1.29 is 0 Å². The van der Waals surface area contributed by atoms with Gasteiger partial charge in [0.15, 0.2) is 0 Å². The molecule has 0 bridgehead atoms. The largest absolute Gasteiger partial charge is 0.383 e. The Labute approximate surface area is 112 Å². The molecule has 0 atom stereocenters. The van der Waals surface area contributed by atoms with E-state index in [1.54, 1.807) is 10.7 Å². The van der Waals surface area contributed by atoms with E-state index in [-0.39, 0.29) is 5.41 Å². The molecule has 0 saturated heterocycles. The molecule has 2 aromatic rings. The molecule has 1 aromatic heterocycles. The van der Waals surface area contributed by atoms with Crippen LogP contribution in [0.5, 0.6) is 0 Å². The maximum atomic E-state index is 8.97. The zero-order chi connectivity index (χ0) is 13.6. The molecule has 1 aliphatic carbocycles. The lowest BCUT2D eigenvalue weighted by Crippen LogP contribution is -2.15. The molecule has 0 unspecified atom stereocenters. The van der Waals surface area contributed by atoms with Crippen LogP contribution in [0.25, 0.3) is 5.69 Å². The summed E-state index contributed by atoms with van der Waals surface area (Å²) in [6, 6.07) is 9.51. The van der Waals surface area contributed by atoms with Gasteiger partial charge in [-0.15, -0.1) is 0 Å². The van der Waals surface area contributed by atoms with Gasteiger partial charge in [-0.25, -0.2) is 4.68 Å². The molecule has 96 valence electrons. The fourth-order valence-electron chi connectivity index (χ4n) is 2.85. The molecule has 4 nitrogen and oxygen atoms in total. The van der Waals surface area contributed by atoms with Gasteiger partial charge in [-0.1, -0.05) is 19.9 Å². The third-order valence-electron chi connectivity index (χ3n) is 3.88. The van der Waals surface area contributed by atoms with E-state index in [0.29, 0.717) is 11.4 Å². The number of aromatic nitrogens is 2. The molecule has 0 amide bonds. The van der Waals surface area contributed by atoms with Crippen LogP contribution in [-0.2, 0) is 11.8 Å². The van der Waals surface area contributed by atoms with Crippen LogP contribution < -0.4 is 5.73 Å². The predicted molar refractivity (Wildman–Crippen MR) is 74.0 cm³/mol. The van der Waals surface area contributed by atoms with Crippen LogP contribution in [0, 0.1) is 11.3 Å². The van der Waals surface area contributed by atoms with Crippen molar-refractivity contribution in [3.8, 4) is 11.8 Å². The number of benzene rings is 1.